The van der Waals surface area contributed by atoms with Crippen molar-refractivity contribution < 1.29 is 9.47 Å². The van der Waals surface area contributed by atoms with Gasteiger partial charge in [-0.25, -0.2) is 0 Å². The summed E-state index contributed by atoms with van der Waals surface area (Å²) in [5, 5.41) is 4.23. The second-order valence-electron chi connectivity index (χ2n) is 3.22. The van der Waals surface area contributed by atoms with Gasteiger partial charge in [0.25, 0.3) is 0 Å². The molecule has 0 saturated heterocycles. The van der Waals surface area contributed by atoms with Gasteiger partial charge in [0.15, 0.2) is 0 Å². The van der Waals surface area contributed by atoms with Crippen molar-refractivity contribution in [2.75, 3.05) is 38.4 Å². The number of nitrogens with zero attached hydrogens (tertiary/aromatic N) is 1. The maximum absolute atomic E-state index is 5.64. The van der Waals surface area contributed by atoms with Crippen molar-refractivity contribution in [1.29, 1.82) is 0 Å². The van der Waals surface area contributed by atoms with Gasteiger partial charge in [-0.3, -0.25) is 0 Å². The van der Waals surface area contributed by atoms with E-state index in [0.29, 0.717) is 19.0 Å². The van der Waals surface area contributed by atoms with Gasteiger partial charge in [0, 0.05) is 26.3 Å². The van der Waals surface area contributed by atoms with Gasteiger partial charge in [-0.05, 0) is 18.5 Å². The zero-order valence-electron chi connectivity index (χ0n) is 9.24. The smallest absolute Gasteiger partial charge is 0.142 e. The summed E-state index contributed by atoms with van der Waals surface area (Å²) < 4.78 is 14.3. The largest absolute Gasteiger partial charge is 0.383 e. The van der Waals surface area contributed by atoms with E-state index in [1.54, 1.807) is 14.2 Å². The van der Waals surface area contributed by atoms with Crippen LogP contribution in [0.5, 0.6) is 0 Å². The molecule has 0 bridgehead atoms. The minimum absolute atomic E-state index is 0.0396. The molecule has 0 spiro atoms. The summed E-state index contributed by atoms with van der Waals surface area (Å²) in [6.45, 7) is 3.20. The SMILES string of the molecule is COCC(CNc1snc(N)c1C)OC. The van der Waals surface area contributed by atoms with Crippen molar-refractivity contribution in [3.8, 4) is 0 Å². The highest BCUT2D eigenvalue weighted by atomic mass is 32.1. The van der Waals surface area contributed by atoms with Crippen molar-refractivity contribution in [2.24, 2.45) is 0 Å². The molecule has 1 heterocycles. The van der Waals surface area contributed by atoms with Crippen molar-refractivity contribution in [2.45, 2.75) is 13.0 Å². The lowest BCUT2D eigenvalue weighted by Gasteiger charge is -2.14. The van der Waals surface area contributed by atoms with E-state index in [1.165, 1.54) is 11.5 Å². The number of hydrogen-bond donors (Lipinski definition) is 2. The summed E-state index contributed by atoms with van der Waals surface area (Å²) in [4.78, 5) is 0. The fourth-order valence-corrected chi connectivity index (χ4v) is 1.83. The van der Waals surface area contributed by atoms with E-state index in [1.807, 2.05) is 6.92 Å². The van der Waals surface area contributed by atoms with E-state index in [0.717, 1.165) is 10.6 Å². The van der Waals surface area contributed by atoms with E-state index >= 15 is 0 Å². The normalized spacial score (nSPS) is 12.7. The number of hydrogen-bond acceptors (Lipinski definition) is 6. The molecule has 5 nitrogen and oxygen atoms in total. The molecule has 0 aliphatic carbocycles. The van der Waals surface area contributed by atoms with Gasteiger partial charge in [0.05, 0.1) is 12.7 Å². The molecule has 0 aliphatic rings. The summed E-state index contributed by atoms with van der Waals surface area (Å²) in [6.07, 6.45) is 0.0396. The number of aromatic nitrogens is 1. The summed E-state index contributed by atoms with van der Waals surface area (Å²) in [5.74, 6) is 0.586. The third-order valence-corrected chi connectivity index (χ3v) is 3.06. The van der Waals surface area contributed by atoms with Crippen LogP contribution in [0.3, 0.4) is 0 Å². The van der Waals surface area contributed by atoms with Gasteiger partial charge in [0.1, 0.15) is 10.8 Å². The number of rotatable bonds is 6. The molecule has 0 amide bonds. The Morgan fingerprint density at radius 2 is 2.27 bits per heavy atom. The van der Waals surface area contributed by atoms with Gasteiger partial charge in [-0.1, -0.05) is 0 Å². The fourth-order valence-electron chi connectivity index (χ4n) is 1.12. The first kappa shape index (κ1) is 12.2. The molecule has 0 fully saturated rings. The van der Waals surface area contributed by atoms with Crippen molar-refractivity contribution in [1.82, 2.24) is 4.37 Å². The standard InChI is InChI=1S/C9H17N3O2S/c1-6-8(10)12-15-9(6)11-4-7(14-3)5-13-2/h7,11H,4-5H2,1-3H3,(H2,10,12). The Morgan fingerprint density at radius 3 is 2.73 bits per heavy atom. The van der Waals surface area contributed by atoms with Gasteiger partial charge in [0.2, 0.25) is 0 Å². The van der Waals surface area contributed by atoms with Crippen LogP contribution >= 0.6 is 11.5 Å². The van der Waals surface area contributed by atoms with Crippen LogP contribution in [0.1, 0.15) is 5.56 Å². The quantitative estimate of drug-likeness (QED) is 0.767. The molecule has 1 aromatic rings. The Hall–Kier alpha value is -0.850. The molecule has 15 heavy (non-hydrogen) atoms. The molecule has 0 aromatic carbocycles. The molecular formula is C9H17N3O2S. The summed E-state index contributed by atoms with van der Waals surface area (Å²) in [5.41, 5.74) is 6.63. The summed E-state index contributed by atoms with van der Waals surface area (Å²) in [6, 6.07) is 0. The average molecular weight is 231 g/mol. The third-order valence-electron chi connectivity index (χ3n) is 2.14. The Labute approximate surface area is 93.7 Å². The molecule has 1 aromatic heterocycles. The van der Waals surface area contributed by atoms with Crippen molar-refractivity contribution >= 4 is 22.4 Å². The maximum atomic E-state index is 5.64. The minimum Gasteiger partial charge on any atom is -0.383 e. The highest BCUT2D eigenvalue weighted by Gasteiger charge is 2.10. The van der Waals surface area contributed by atoms with Crippen LogP contribution in [0.2, 0.25) is 0 Å². The van der Waals surface area contributed by atoms with Crippen LogP contribution in [0.4, 0.5) is 10.8 Å². The van der Waals surface area contributed by atoms with E-state index < -0.39 is 0 Å². The van der Waals surface area contributed by atoms with Crippen LogP contribution in [-0.4, -0.2) is 37.8 Å². The number of nitrogens with two attached hydrogens (primary N) is 1. The second kappa shape index (κ2) is 5.89. The Kier molecular flexibility index (Phi) is 4.80. The van der Waals surface area contributed by atoms with Crippen LogP contribution in [0, 0.1) is 6.92 Å². The molecule has 6 heteroatoms. The lowest BCUT2D eigenvalue weighted by atomic mass is 10.3. The van der Waals surface area contributed by atoms with Crippen LogP contribution < -0.4 is 11.1 Å². The zero-order chi connectivity index (χ0) is 11.3. The molecule has 0 radical (unpaired) electrons. The Balaban J connectivity index is 2.45. The Morgan fingerprint density at radius 1 is 1.53 bits per heavy atom. The van der Waals surface area contributed by atoms with E-state index in [2.05, 4.69) is 9.69 Å². The minimum atomic E-state index is 0.0396. The molecular weight excluding hydrogens is 214 g/mol. The lowest BCUT2D eigenvalue weighted by molar-refractivity contribution is 0.0366. The van der Waals surface area contributed by atoms with Gasteiger partial charge < -0.3 is 20.5 Å². The first-order valence-corrected chi connectivity index (χ1v) is 5.43. The van der Waals surface area contributed by atoms with Gasteiger partial charge >= 0.3 is 0 Å². The molecule has 1 unspecified atom stereocenters. The summed E-state index contributed by atoms with van der Waals surface area (Å²) >= 11 is 1.36. The predicted octanol–water partition coefficient (Wildman–Crippen LogP) is 1.11. The van der Waals surface area contributed by atoms with Crippen LogP contribution in [-0.2, 0) is 9.47 Å². The molecule has 0 saturated carbocycles. The van der Waals surface area contributed by atoms with Gasteiger partial charge in [-0.2, -0.15) is 4.37 Å². The van der Waals surface area contributed by atoms with Crippen LogP contribution in [0.15, 0.2) is 0 Å². The first-order valence-electron chi connectivity index (χ1n) is 4.66. The second-order valence-corrected chi connectivity index (χ2v) is 3.99. The molecule has 86 valence electrons. The number of anilines is 2. The number of nitrogens with one attached hydrogen (secondary N) is 1. The van der Waals surface area contributed by atoms with Crippen molar-refractivity contribution in [3.63, 3.8) is 0 Å². The number of methoxy groups -OCH3 is 2. The van der Waals surface area contributed by atoms with E-state index in [9.17, 15) is 0 Å². The van der Waals surface area contributed by atoms with E-state index in [4.69, 9.17) is 15.2 Å². The fraction of sp³-hybridized carbons (Fsp3) is 0.667. The van der Waals surface area contributed by atoms with Crippen LogP contribution in [0.25, 0.3) is 0 Å². The molecule has 1 atom stereocenters. The maximum Gasteiger partial charge on any atom is 0.142 e. The molecule has 1 rings (SSSR count). The third kappa shape index (κ3) is 3.33. The zero-order valence-corrected chi connectivity index (χ0v) is 10.1. The molecule has 3 N–H and O–H groups in total. The number of nitrogen functional groups attached to an aromatic ring is 1. The lowest BCUT2D eigenvalue weighted by Crippen LogP contribution is -2.26. The topological polar surface area (TPSA) is 69.4 Å². The first-order chi connectivity index (χ1) is 7.19. The summed E-state index contributed by atoms with van der Waals surface area (Å²) in [7, 11) is 3.32. The highest BCUT2D eigenvalue weighted by molar-refractivity contribution is 7.10. The highest BCUT2D eigenvalue weighted by Crippen LogP contribution is 2.25. The average Bonchev–Trinajstić information content (AvgIpc) is 2.55. The monoisotopic (exact) mass is 231 g/mol. The van der Waals surface area contributed by atoms with Gasteiger partial charge in [-0.15, -0.1) is 0 Å². The number of ether oxygens (including phenoxy) is 2. The predicted molar refractivity (Wildman–Crippen MR) is 62.4 cm³/mol. The Bertz CT molecular complexity index is 304. The van der Waals surface area contributed by atoms with E-state index in [-0.39, 0.29) is 6.10 Å². The molecule has 0 aliphatic heterocycles. The van der Waals surface area contributed by atoms with Crippen molar-refractivity contribution in [3.05, 3.63) is 5.56 Å².